The first-order chi connectivity index (χ1) is 10.3. The fraction of sp³-hybridized carbons (Fsp3) is 0.471. The van der Waals surface area contributed by atoms with Gasteiger partial charge in [0.05, 0.1) is 12.3 Å². The maximum atomic E-state index is 5.61. The number of aromatic nitrogens is 1. The van der Waals surface area contributed by atoms with Gasteiger partial charge in [-0.1, -0.05) is 19.9 Å². The Bertz CT molecular complexity index is 551. The van der Waals surface area contributed by atoms with Crippen molar-refractivity contribution >= 4 is 0 Å². The van der Waals surface area contributed by atoms with Crippen molar-refractivity contribution in [3.8, 4) is 17.2 Å². The number of hydrogen-bond donors (Lipinski definition) is 0. The van der Waals surface area contributed by atoms with Gasteiger partial charge < -0.3 is 9.15 Å². The van der Waals surface area contributed by atoms with Gasteiger partial charge in [0, 0.05) is 12.1 Å². The van der Waals surface area contributed by atoms with Crippen LogP contribution >= 0.6 is 0 Å². The first-order valence-corrected chi connectivity index (χ1v) is 7.66. The minimum absolute atomic E-state index is 0.652. The van der Waals surface area contributed by atoms with Crippen molar-refractivity contribution in [2.24, 2.45) is 0 Å². The van der Waals surface area contributed by atoms with Gasteiger partial charge in [0.25, 0.3) is 0 Å². The monoisotopic (exact) mass is 288 g/mol. The molecule has 4 nitrogen and oxygen atoms in total. The minimum atomic E-state index is 0.652. The van der Waals surface area contributed by atoms with Crippen molar-refractivity contribution in [3.05, 3.63) is 36.2 Å². The van der Waals surface area contributed by atoms with Gasteiger partial charge in [0.15, 0.2) is 0 Å². The molecule has 0 aliphatic carbocycles. The Balaban J connectivity index is 2.10. The molecule has 0 fully saturated rings. The highest BCUT2D eigenvalue weighted by Gasteiger charge is 2.10. The Hall–Kier alpha value is -1.81. The summed E-state index contributed by atoms with van der Waals surface area (Å²) in [4.78, 5) is 6.95. The quantitative estimate of drug-likeness (QED) is 0.736. The molecule has 2 rings (SSSR count). The lowest BCUT2D eigenvalue weighted by atomic mass is 10.2. The lowest BCUT2D eigenvalue weighted by Crippen LogP contribution is -2.23. The first kappa shape index (κ1) is 15.6. The van der Waals surface area contributed by atoms with E-state index in [1.54, 1.807) is 6.26 Å². The summed E-state index contributed by atoms with van der Waals surface area (Å²) in [6.07, 6.45) is 2.90. The third kappa shape index (κ3) is 4.33. The molecule has 2 aromatic rings. The highest BCUT2D eigenvalue weighted by Crippen LogP contribution is 2.23. The van der Waals surface area contributed by atoms with Crippen LogP contribution in [0, 0.1) is 0 Å². The summed E-state index contributed by atoms with van der Waals surface area (Å²) in [5.74, 6) is 1.50. The average molecular weight is 288 g/mol. The SMILES string of the molecule is CCCN(CC)Cc1coc(-c2cccc(OCC)c2)n1. The van der Waals surface area contributed by atoms with Crippen LogP contribution in [-0.2, 0) is 6.54 Å². The van der Waals surface area contributed by atoms with Crippen LogP contribution in [0.3, 0.4) is 0 Å². The maximum Gasteiger partial charge on any atom is 0.226 e. The van der Waals surface area contributed by atoms with Gasteiger partial charge in [-0.25, -0.2) is 4.98 Å². The Morgan fingerprint density at radius 3 is 2.81 bits per heavy atom. The molecule has 21 heavy (non-hydrogen) atoms. The van der Waals surface area contributed by atoms with Crippen LogP contribution in [0.2, 0.25) is 0 Å². The second kappa shape index (κ2) is 7.84. The van der Waals surface area contributed by atoms with E-state index in [4.69, 9.17) is 9.15 Å². The molecule has 0 spiro atoms. The Morgan fingerprint density at radius 2 is 2.10 bits per heavy atom. The van der Waals surface area contributed by atoms with Crippen LogP contribution in [0.1, 0.15) is 32.9 Å². The molecule has 114 valence electrons. The zero-order valence-electron chi connectivity index (χ0n) is 13.1. The summed E-state index contributed by atoms with van der Waals surface area (Å²) in [6, 6.07) is 7.85. The van der Waals surface area contributed by atoms with E-state index in [2.05, 4.69) is 23.7 Å². The molecule has 0 radical (unpaired) electrons. The molecule has 1 aromatic carbocycles. The van der Waals surface area contributed by atoms with E-state index in [-0.39, 0.29) is 0 Å². The van der Waals surface area contributed by atoms with Crippen LogP contribution in [0.15, 0.2) is 34.9 Å². The predicted molar refractivity (Wildman–Crippen MR) is 84.4 cm³/mol. The summed E-state index contributed by atoms with van der Waals surface area (Å²) in [5, 5.41) is 0. The molecule has 0 N–H and O–H groups in total. The van der Waals surface area contributed by atoms with Gasteiger partial charge in [-0.2, -0.15) is 0 Å². The van der Waals surface area contributed by atoms with E-state index in [0.717, 1.165) is 43.1 Å². The summed E-state index contributed by atoms with van der Waals surface area (Å²) in [5.41, 5.74) is 1.92. The summed E-state index contributed by atoms with van der Waals surface area (Å²) in [7, 11) is 0. The topological polar surface area (TPSA) is 38.5 Å². The molecule has 0 saturated carbocycles. The predicted octanol–water partition coefficient (Wildman–Crippen LogP) is 3.97. The van der Waals surface area contributed by atoms with E-state index >= 15 is 0 Å². The van der Waals surface area contributed by atoms with E-state index in [1.165, 1.54) is 0 Å². The van der Waals surface area contributed by atoms with E-state index in [9.17, 15) is 0 Å². The molecule has 0 bridgehead atoms. The van der Waals surface area contributed by atoms with Gasteiger partial charge >= 0.3 is 0 Å². The third-order valence-corrected chi connectivity index (χ3v) is 3.32. The number of benzene rings is 1. The van der Waals surface area contributed by atoms with Gasteiger partial charge in [-0.3, -0.25) is 4.90 Å². The standard InChI is InChI=1S/C17H24N2O2/c1-4-10-19(5-2)12-15-13-21-17(18-15)14-8-7-9-16(11-14)20-6-3/h7-9,11,13H,4-6,10,12H2,1-3H3. The molecule has 0 saturated heterocycles. The van der Waals surface area contributed by atoms with Crippen LogP contribution < -0.4 is 4.74 Å². The first-order valence-electron chi connectivity index (χ1n) is 7.66. The van der Waals surface area contributed by atoms with Crippen molar-refractivity contribution < 1.29 is 9.15 Å². The lowest BCUT2D eigenvalue weighted by molar-refractivity contribution is 0.277. The van der Waals surface area contributed by atoms with Gasteiger partial charge in [0.2, 0.25) is 5.89 Å². The van der Waals surface area contributed by atoms with Crippen molar-refractivity contribution in [2.45, 2.75) is 33.7 Å². The van der Waals surface area contributed by atoms with E-state index in [1.807, 2.05) is 31.2 Å². The highest BCUT2D eigenvalue weighted by molar-refractivity contribution is 5.55. The molecule has 0 amide bonds. The zero-order valence-corrected chi connectivity index (χ0v) is 13.1. The fourth-order valence-electron chi connectivity index (χ4n) is 2.29. The minimum Gasteiger partial charge on any atom is -0.494 e. The fourth-order valence-corrected chi connectivity index (χ4v) is 2.29. The molecule has 0 unspecified atom stereocenters. The van der Waals surface area contributed by atoms with Crippen molar-refractivity contribution in [1.29, 1.82) is 0 Å². The van der Waals surface area contributed by atoms with E-state index < -0.39 is 0 Å². The summed E-state index contributed by atoms with van der Waals surface area (Å²) < 4.78 is 11.1. The van der Waals surface area contributed by atoms with Gasteiger partial charge in [0.1, 0.15) is 12.0 Å². The number of hydrogen-bond acceptors (Lipinski definition) is 4. The molecule has 0 aliphatic rings. The Kier molecular flexibility index (Phi) is 5.81. The molecule has 0 atom stereocenters. The molecular formula is C17H24N2O2. The summed E-state index contributed by atoms with van der Waals surface area (Å²) >= 11 is 0. The maximum absolute atomic E-state index is 5.61. The number of ether oxygens (including phenoxy) is 1. The van der Waals surface area contributed by atoms with E-state index in [0.29, 0.717) is 12.5 Å². The average Bonchev–Trinajstić information content (AvgIpc) is 2.96. The van der Waals surface area contributed by atoms with Gasteiger partial charge in [-0.15, -0.1) is 0 Å². The van der Waals surface area contributed by atoms with Crippen molar-refractivity contribution in [3.63, 3.8) is 0 Å². The molecule has 1 heterocycles. The highest BCUT2D eigenvalue weighted by atomic mass is 16.5. The molecule has 4 heteroatoms. The second-order valence-electron chi connectivity index (χ2n) is 4.97. The molecular weight excluding hydrogens is 264 g/mol. The van der Waals surface area contributed by atoms with Crippen molar-refractivity contribution in [1.82, 2.24) is 9.88 Å². The van der Waals surface area contributed by atoms with Gasteiger partial charge in [-0.05, 0) is 44.6 Å². The second-order valence-corrected chi connectivity index (χ2v) is 4.97. The normalized spacial score (nSPS) is 11.0. The zero-order chi connectivity index (χ0) is 15.1. The third-order valence-electron chi connectivity index (χ3n) is 3.32. The van der Waals surface area contributed by atoms with Crippen LogP contribution in [-0.4, -0.2) is 29.6 Å². The largest absolute Gasteiger partial charge is 0.494 e. The number of oxazole rings is 1. The number of nitrogens with zero attached hydrogens (tertiary/aromatic N) is 2. The Morgan fingerprint density at radius 1 is 1.24 bits per heavy atom. The van der Waals surface area contributed by atoms with Crippen LogP contribution in [0.4, 0.5) is 0 Å². The molecule has 1 aromatic heterocycles. The lowest BCUT2D eigenvalue weighted by Gasteiger charge is -2.17. The summed E-state index contributed by atoms with van der Waals surface area (Å²) in [6.45, 7) is 9.93. The van der Waals surface area contributed by atoms with Crippen molar-refractivity contribution in [2.75, 3.05) is 19.7 Å². The number of rotatable bonds is 8. The van der Waals surface area contributed by atoms with Crippen LogP contribution in [0.5, 0.6) is 5.75 Å². The Labute approximate surface area is 126 Å². The van der Waals surface area contributed by atoms with Crippen LogP contribution in [0.25, 0.3) is 11.5 Å². The smallest absolute Gasteiger partial charge is 0.226 e. The molecule has 0 aliphatic heterocycles.